The van der Waals surface area contributed by atoms with E-state index in [0.717, 1.165) is 22.0 Å². The minimum absolute atomic E-state index is 0. The first kappa shape index (κ1) is 18.6. The molecule has 2 rings (SSSR count). The number of thiazole rings is 1. The van der Waals surface area contributed by atoms with Gasteiger partial charge in [0.25, 0.3) is 0 Å². The van der Waals surface area contributed by atoms with Crippen molar-refractivity contribution in [3.8, 4) is 10.6 Å². The number of nitrogens with zero attached hydrogens (tertiary/aromatic N) is 1. The molecule has 0 saturated heterocycles. The van der Waals surface area contributed by atoms with Crippen LogP contribution in [0.4, 0.5) is 5.69 Å². The summed E-state index contributed by atoms with van der Waals surface area (Å²) in [5.74, 6) is -0.166. The largest absolute Gasteiger partial charge is 0.325 e. The van der Waals surface area contributed by atoms with Crippen molar-refractivity contribution in [2.75, 3.05) is 5.32 Å². The number of halogens is 1. The van der Waals surface area contributed by atoms with Crippen molar-refractivity contribution in [2.24, 2.45) is 11.1 Å². The second kappa shape index (κ2) is 7.22. The Labute approximate surface area is 141 Å². The summed E-state index contributed by atoms with van der Waals surface area (Å²) < 4.78 is 0. The molecule has 0 unspecified atom stereocenters. The van der Waals surface area contributed by atoms with E-state index in [1.54, 1.807) is 11.3 Å². The lowest BCUT2D eigenvalue weighted by molar-refractivity contribution is -0.119. The van der Waals surface area contributed by atoms with E-state index in [1.807, 2.05) is 57.3 Å². The van der Waals surface area contributed by atoms with Gasteiger partial charge < -0.3 is 11.1 Å². The number of carbonyl (C=O) groups excluding carboxylic acids is 1. The van der Waals surface area contributed by atoms with E-state index in [9.17, 15) is 4.79 Å². The number of nitrogens with one attached hydrogen (secondary N) is 1. The summed E-state index contributed by atoms with van der Waals surface area (Å²) >= 11 is 1.61. The second-order valence-electron chi connectivity index (χ2n) is 6.20. The highest BCUT2D eigenvalue weighted by atomic mass is 35.5. The maximum absolute atomic E-state index is 12.1. The molecule has 0 spiro atoms. The molecular formula is C16H22ClN3OS. The molecule has 4 nitrogen and oxygen atoms in total. The zero-order valence-electron chi connectivity index (χ0n) is 13.2. The first-order chi connectivity index (χ1) is 9.77. The molecule has 3 N–H and O–H groups in total. The van der Waals surface area contributed by atoms with E-state index in [1.165, 1.54) is 0 Å². The van der Waals surface area contributed by atoms with Gasteiger partial charge in [0.15, 0.2) is 0 Å². The Morgan fingerprint density at radius 3 is 2.32 bits per heavy atom. The van der Waals surface area contributed by atoms with Crippen LogP contribution in [-0.2, 0) is 4.79 Å². The summed E-state index contributed by atoms with van der Waals surface area (Å²) in [5.41, 5.74) is 8.50. The van der Waals surface area contributed by atoms with Gasteiger partial charge in [-0.1, -0.05) is 20.8 Å². The van der Waals surface area contributed by atoms with E-state index < -0.39 is 6.04 Å². The van der Waals surface area contributed by atoms with Crippen molar-refractivity contribution in [3.63, 3.8) is 0 Å². The number of amides is 1. The molecule has 0 radical (unpaired) electrons. The van der Waals surface area contributed by atoms with Crippen molar-refractivity contribution >= 4 is 35.3 Å². The summed E-state index contributed by atoms with van der Waals surface area (Å²) in [4.78, 5) is 16.5. The highest BCUT2D eigenvalue weighted by molar-refractivity contribution is 7.13. The number of aryl methyl sites for hydroxylation is 1. The lowest BCUT2D eigenvalue weighted by Gasteiger charge is -2.25. The SMILES string of the molecule is Cc1csc(-c2ccc(NC(=O)[C@@H](N)C(C)(C)C)cc2)n1.Cl. The van der Waals surface area contributed by atoms with Crippen molar-refractivity contribution in [2.45, 2.75) is 33.7 Å². The van der Waals surface area contributed by atoms with E-state index in [-0.39, 0.29) is 23.7 Å². The van der Waals surface area contributed by atoms with Crippen LogP contribution in [0.15, 0.2) is 29.6 Å². The predicted molar refractivity (Wildman–Crippen MR) is 95.6 cm³/mol. The molecule has 0 aliphatic carbocycles. The van der Waals surface area contributed by atoms with Gasteiger partial charge in [-0.25, -0.2) is 4.98 Å². The summed E-state index contributed by atoms with van der Waals surface area (Å²) in [7, 11) is 0. The average molecular weight is 340 g/mol. The maximum atomic E-state index is 12.1. The van der Waals surface area contributed by atoms with Gasteiger partial charge in [-0.2, -0.15) is 0 Å². The fourth-order valence-electron chi connectivity index (χ4n) is 1.80. The van der Waals surface area contributed by atoms with E-state index >= 15 is 0 Å². The number of carbonyl (C=O) groups is 1. The van der Waals surface area contributed by atoms with Gasteiger partial charge >= 0.3 is 0 Å². The molecule has 1 amide bonds. The number of benzene rings is 1. The highest BCUT2D eigenvalue weighted by Crippen LogP contribution is 2.25. The van der Waals surface area contributed by atoms with E-state index in [2.05, 4.69) is 10.3 Å². The number of aromatic nitrogens is 1. The zero-order valence-corrected chi connectivity index (χ0v) is 14.8. The third kappa shape index (κ3) is 4.53. The van der Waals surface area contributed by atoms with Crippen molar-refractivity contribution in [3.05, 3.63) is 35.3 Å². The lowest BCUT2D eigenvalue weighted by atomic mass is 9.87. The van der Waals surface area contributed by atoms with Crippen molar-refractivity contribution in [1.82, 2.24) is 4.98 Å². The number of nitrogens with two attached hydrogens (primary N) is 1. The summed E-state index contributed by atoms with van der Waals surface area (Å²) in [6.07, 6.45) is 0. The van der Waals surface area contributed by atoms with Crippen LogP contribution in [-0.4, -0.2) is 16.9 Å². The Kier molecular flexibility index (Phi) is 6.11. The molecule has 0 bridgehead atoms. The van der Waals surface area contributed by atoms with Gasteiger partial charge in [0.2, 0.25) is 5.91 Å². The van der Waals surface area contributed by atoms with Gasteiger partial charge in [0.1, 0.15) is 5.01 Å². The molecule has 22 heavy (non-hydrogen) atoms. The Morgan fingerprint density at radius 1 is 1.27 bits per heavy atom. The van der Waals surface area contributed by atoms with Crippen LogP contribution in [0.5, 0.6) is 0 Å². The van der Waals surface area contributed by atoms with Gasteiger partial charge in [-0.3, -0.25) is 4.79 Å². The summed E-state index contributed by atoms with van der Waals surface area (Å²) in [5, 5.41) is 5.86. The molecule has 0 saturated carbocycles. The monoisotopic (exact) mass is 339 g/mol. The van der Waals surface area contributed by atoms with Crippen LogP contribution in [0.2, 0.25) is 0 Å². The van der Waals surface area contributed by atoms with Crippen molar-refractivity contribution in [1.29, 1.82) is 0 Å². The zero-order chi connectivity index (χ0) is 15.6. The van der Waals surface area contributed by atoms with Gasteiger partial charge in [-0.15, -0.1) is 23.7 Å². The van der Waals surface area contributed by atoms with Gasteiger partial charge in [0, 0.05) is 22.3 Å². The fourth-order valence-corrected chi connectivity index (χ4v) is 2.60. The first-order valence-corrected chi connectivity index (χ1v) is 7.74. The quantitative estimate of drug-likeness (QED) is 0.892. The Hall–Kier alpha value is -1.43. The van der Waals surface area contributed by atoms with Crippen LogP contribution >= 0.6 is 23.7 Å². The Morgan fingerprint density at radius 2 is 1.86 bits per heavy atom. The van der Waals surface area contributed by atoms with Gasteiger partial charge in [0.05, 0.1) is 6.04 Å². The molecule has 1 aromatic carbocycles. The molecule has 0 fully saturated rings. The average Bonchev–Trinajstić information content (AvgIpc) is 2.84. The summed E-state index contributed by atoms with van der Waals surface area (Å²) in [6.45, 7) is 7.82. The molecular weight excluding hydrogens is 318 g/mol. The van der Waals surface area contributed by atoms with E-state index in [0.29, 0.717) is 0 Å². The number of hydrogen-bond acceptors (Lipinski definition) is 4. The van der Waals surface area contributed by atoms with Crippen LogP contribution in [0, 0.1) is 12.3 Å². The minimum Gasteiger partial charge on any atom is -0.325 e. The molecule has 2 aromatic rings. The van der Waals surface area contributed by atoms with Crippen LogP contribution in [0.3, 0.4) is 0 Å². The molecule has 6 heteroatoms. The minimum atomic E-state index is -0.543. The normalized spacial score (nSPS) is 12.4. The third-order valence-corrected chi connectivity index (χ3v) is 4.24. The number of anilines is 1. The first-order valence-electron chi connectivity index (χ1n) is 6.86. The molecule has 0 aliphatic rings. The lowest BCUT2D eigenvalue weighted by Crippen LogP contribution is -2.45. The Bertz CT molecular complexity index is 632. The topological polar surface area (TPSA) is 68.0 Å². The number of rotatable bonds is 3. The standard InChI is InChI=1S/C16H21N3OS.ClH/c1-10-9-21-15(18-10)11-5-7-12(8-6-11)19-14(20)13(17)16(2,3)4;/h5-9,13H,17H2,1-4H3,(H,19,20);1H/t13-;/m1./s1. The number of hydrogen-bond donors (Lipinski definition) is 2. The maximum Gasteiger partial charge on any atom is 0.241 e. The summed E-state index contributed by atoms with van der Waals surface area (Å²) in [6, 6.07) is 7.12. The molecule has 1 heterocycles. The second-order valence-corrected chi connectivity index (χ2v) is 7.06. The predicted octanol–water partition coefficient (Wildman–Crippen LogP) is 3.85. The molecule has 1 aromatic heterocycles. The van der Waals surface area contributed by atoms with Crippen LogP contribution in [0.1, 0.15) is 26.5 Å². The van der Waals surface area contributed by atoms with E-state index in [4.69, 9.17) is 5.73 Å². The molecule has 120 valence electrons. The smallest absolute Gasteiger partial charge is 0.241 e. The van der Waals surface area contributed by atoms with Gasteiger partial charge in [-0.05, 0) is 36.6 Å². The molecule has 0 aliphatic heterocycles. The van der Waals surface area contributed by atoms with Crippen LogP contribution < -0.4 is 11.1 Å². The van der Waals surface area contributed by atoms with Crippen molar-refractivity contribution < 1.29 is 4.79 Å². The van der Waals surface area contributed by atoms with Crippen LogP contribution in [0.25, 0.3) is 10.6 Å². The third-order valence-electron chi connectivity index (χ3n) is 3.23. The Balaban J connectivity index is 0.00000242. The highest BCUT2D eigenvalue weighted by Gasteiger charge is 2.27. The fraction of sp³-hybridized carbons (Fsp3) is 0.375. The molecule has 1 atom stereocenters.